The summed E-state index contributed by atoms with van der Waals surface area (Å²) in [4.78, 5) is 39.0. The summed E-state index contributed by atoms with van der Waals surface area (Å²) in [6, 6.07) is 2.40. The Labute approximate surface area is 181 Å². The average Bonchev–Trinajstić information content (AvgIpc) is 2.71. The molecule has 0 radical (unpaired) electrons. The number of benzene rings is 1. The van der Waals surface area contributed by atoms with E-state index in [1.54, 1.807) is 25.7 Å². The van der Waals surface area contributed by atoms with Gasteiger partial charge >= 0.3 is 12.1 Å². The van der Waals surface area contributed by atoms with Crippen molar-refractivity contribution >= 4 is 29.5 Å². The molecule has 0 spiro atoms. The van der Waals surface area contributed by atoms with Gasteiger partial charge in [0.15, 0.2) is 0 Å². The van der Waals surface area contributed by atoms with E-state index >= 15 is 0 Å². The molecule has 0 aliphatic carbocycles. The number of methoxy groups -OCH3 is 1. The first-order chi connectivity index (χ1) is 14.5. The Balaban J connectivity index is 2.44. The highest BCUT2D eigenvalue weighted by molar-refractivity contribution is 5.96. The van der Waals surface area contributed by atoms with Crippen LogP contribution in [0.5, 0.6) is 0 Å². The van der Waals surface area contributed by atoms with Crippen molar-refractivity contribution in [3.8, 4) is 0 Å². The standard InChI is InChI=1S/C21H29N3O7/c1-6-14-11-18(24(28)29)16(19(26)30-5)12-17(14)23-9-8-22(13-15(23)7-10-25)20(27)31-21(2,3)4/h6,11-12,15,25H,1,7-10,13H2,2-5H3. The van der Waals surface area contributed by atoms with E-state index in [0.29, 0.717) is 30.8 Å². The molecule has 0 aromatic heterocycles. The molecule has 1 N–H and O–H groups in total. The van der Waals surface area contributed by atoms with Gasteiger partial charge in [-0.2, -0.15) is 0 Å². The molecule has 1 aromatic carbocycles. The van der Waals surface area contributed by atoms with Crippen LogP contribution in [0, 0.1) is 10.1 Å². The first kappa shape index (κ1) is 24.1. The van der Waals surface area contributed by atoms with Gasteiger partial charge in [-0.25, -0.2) is 9.59 Å². The van der Waals surface area contributed by atoms with Gasteiger partial charge in [0.05, 0.1) is 12.0 Å². The number of esters is 1. The zero-order valence-electron chi connectivity index (χ0n) is 18.3. The van der Waals surface area contributed by atoms with Gasteiger partial charge in [0.25, 0.3) is 5.69 Å². The molecule has 1 aliphatic heterocycles. The van der Waals surface area contributed by atoms with Gasteiger partial charge in [-0.3, -0.25) is 10.1 Å². The van der Waals surface area contributed by atoms with Crippen molar-refractivity contribution < 1.29 is 29.1 Å². The second kappa shape index (κ2) is 9.78. The van der Waals surface area contributed by atoms with E-state index in [1.807, 2.05) is 4.90 Å². The van der Waals surface area contributed by atoms with E-state index < -0.39 is 22.6 Å². The van der Waals surface area contributed by atoms with Crippen LogP contribution in [0.4, 0.5) is 16.2 Å². The van der Waals surface area contributed by atoms with E-state index in [0.717, 1.165) is 7.11 Å². The number of nitrogens with zero attached hydrogens (tertiary/aromatic N) is 3. The van der Waals surface area contributed by atoms with E-state index in [2.05, 4.69) is 6.58 Å². The molecule has 0 bridgehead atoms. The third-order valence-electron chi connectivity index (χ3n) is 4.87. The van der Waals surface area contributed by atoms with Gasteiger partial charge in [-0.15, -0.1) is 0 Å². The van der Waals surface area contributed by atoms with Gasteiger partial charge in [0, 0.05) is 49.6 Å². The highest BCUT2D eigenvalue weighted by Crippen LogP contribution is 2.34. The molecule has 10 nitrogen and oxygen atoms in total. The maximum Gasteiger partial charge on any atom is 0.410 e. The zero-order chi connectivity index (χ0) is 23.3. The van der Waals surface area contributed by atoms with Crippen LogP contribution in [-0.4, -0.2) is 72.0 Å². The predicted molar refractivity (Wildman–Crippen MR) is 115 cm³/mol. The Morgan fingerprint density at radius 1 is 1.35 bits per heavy atom. The van der Waals surface area contributed by atoms with Crippen LogP contribution in [0.15, 0.2) is 18.7 Å². The lowest BCUT2D eigenvalue weighted by Crippen LogP contribution is -2.56. The summed E-state index contributed by atoms with van der Waals surface area (Å²) in [7, 11) is 1.15. The van der Waals surface area contributed by atoms with Crippen LogP contribution >= 0.6 is 0 Å². The van der Waals surface area contributed by atoms with E-state index in [1.165, 1.54) is 18.2 Å². The fourth-order valence-corrected chi connectivity index (χ4v) is 3.49. The van der Waals surface area contributed by atoms with Gasteiger partial charge in [0.2, 0.25) is 0 Å². The molecule has 2 rings (SSSR count). The Morgan fingerprint density at radius 2 is 2.03 bits per heavy atom. The summed E-state index contributed by atoms with van der Waals surface area (Å²) in [5, 5.41) is 21.0. The lowest BCUT2D eigenvalue weighted by molar-refractivity contribution is -0.385. The maximum absolute atomic E-state index is 12.5. The van der Waals surface area contributed by atoms with E-state index in [9.17, 15) is 24.8 Å². The molecular formula is C21H29N3O7. The van der Waals surface area contributed by atoms with Crippen LogP contribution in [0.2, 0.25) is 0 Å². The van der Waals surface area contributed by atoms with Crippen molar-refractivity contribution in [2.24, 2.45) is 0 Å². The lowest BCUT2D eigenvalue weighted by Gasteiger charge is -2.43. The van der Waals surface area contributed by atoms with Crippen molar-refractivity contribution in [3.05, 3.63) is 40.0 Å². The molecule has 1 atom stereocenters. The molecule has 0 saturated carbocycles. The second-order valence-electron chi connectivity index (χ2n) is 8.17. The summed E-state index contributed by atoms with van der Waals surface area (Å²) in [6.45, 7) is 9.98. The number of carbonyl (C=O) groups is 2. The van der Waals surface area contributed by atoms with E-state index in [-0.39, 0.29) is 30.4 Å². The monoisotopic (exact) mass is 435 g/mol. The molecule has 31 heavy (non-hydrogen) atoms. The molecule has 170 valence electrons. The van der Waals surface area contributed by atoms with Gasteiger partial charge in [-0.05, 0) is 33.3 Å². The summed E-state index contributed by atoms with van der Waals surface area (Å²) >= 11 is 0. The SMILES string of the molecule is C=Cc1cc([N+](=O)[O-])c(C(=O)OC)cc1N1CCN(C(=O)OC(C)(C)C)CC1CCO. The van der Waals surface area contributed by atoms with Crippen molar-refractivity contribution in [3.63, 3.8) is 0 Å². The van der Waals surface area contributed by atoms with Gasteiger partial charge < -0.3 is 24.4 Å². The van der Waals surface area contributed by atoms with Gasteiger partial charge in [-0.1, -0.05) is 12.7 Å². The Bertz CT molecular complexity index is 863. The topological polar surface area (TPSA) is 122 Å². The first-order valence-corrected chi connectivity index (χ1v) is 9.91. The van der Waals surface area contributed by atoms with Crippen LogP contribution < -0.4 is 4.90 Å². The van der Waals surface area contributed by atoms with Crippen LogP contribution in [0.25, 0.3) is 6.08 Å². The smallest absolute Gasteiger partial charge is 0.410 e. The molecule has 1 aliphatic rings. The third kappa shape index (κ3) is 5.72. The van der Waals surface area contributed by atoms with Gasteiger partial charge in [0.1, 0.15) is 11.2 Å². The van der Waals surface area contributed by atoms with Crippen LogP contribution in [-0.2, 0) is 9.47 Å². The minimum atomic E-state index is -0.824. The fourth-order valence-electron chi connectivity index (χ4n) is 3.49. The molecular weight excluding hydrogens is 406 g/mol. The zero-order valence-corrected chi connectivity index (χ0v) is 18.3. The average molecular weight is 435 g/mol. The predicted octanol–water partition coefficient (Wildman–Crippen LogP) is 2.83. The second-order valence-corrected chi connectivity index (χ2v) is 8.17. The lowest BCUT2D eigenvalue weighted by atomic mass is 10.0. The number of carbonyl (C=O) groups excluding carboxylic acids is 2. The number of nitro benzene ring substituents is 1. The molecule has 1 heterocycles. The number of aliphatic hydroxyl groups is 1. The third-order valence-corrected chi connectivity index (χ3v) is 4.87. The number of aliphatic hydroxyl groups excluding tert-OH is 1. The number of hydrogen-bond donors (Lipinski definition) is 1. The van der Waals surface area contributed by atoms with Crippen LogP contribution in [0.3, 0.4) is 0 Å². The molecule has 1 aromatic rings. The summed E-state index contributed by atoms with van der Waals surface area (Å²) in [6.07, 6.45) is 1.37. The number of piperazine rings is 1. The molecule has 1 unspecified atom stereocenters. The molecule has 1 amide bonds. The number of hydrogen-bond acceptors (Lipinski definition) is 8. The summed E-state index contributed by atoms with van der Waals surface area (Å²) in [5.74, 6) is -0.824. The Morgan fingerprint density at radius 3 is 2.55 bits per heavy atom. The molecule has 1 saturated heterocycles. The van der Waals surface area contributed by atoms with Crippen molar-refractivity contribution in [1.29, 1.82) is 0 Å². The summed E-state index contributed by atoms with van der Waals surface area (Å²) in [5.41, 5.74) is -0.178. The Kier molecular flexibility index (Phi) is 7.61. The first-order valence-electron chi connectivity index (χ1n) is 9.91. The van der Waals surface area contributed by atoms with Crippen molar-refractivity contribution in [2.75, 3.05) is 38.3 Å². The number of rotatable bonds is 6. The highest BCUT2D eigenvalue weighted by Gasteiger charge is 2.34. The minimum absolute atomic E-state index is 0.121. The van der Waals surface area contributed by atoms with Crippen LogP contribution in [0.1, 0.15) is 43.1 Å². The number of nitro groups is 1. The normalized spacial score (nSPS) is 16.6. The fraction of sp³-hybridized carbons (Fsp3) is 0.524. The minimum Gasteiger partial charge on any atom is -0.465 e. The molecule has 1 fully saturated rings. The van der Waals surface area contributed by atoms with E-state index in [4.69, 9.17) is 9.47 Å². The van der Waals surface area contributed by atoms with Crippen molar-refractivity contribution in [1.82, 2.24) is 4.90 Å². The number of ether oxygens (including phenoxy) is 2. The summed E-state index contributed by atoms with van der Waals surface area (Å²) < 4.78 is 10.2. The quantitative estimate of drug-likeness (QED) is 0.411. The number of amides is 1. The Hall–Kier alpha value is -3.14. The number of anilines is 1. The molecule has 10 heteroatoms. The van der Waals surface area contributed by atoms with Crippen molar-refractivity contribution in [2.45, 2.75) is 38.8 Å². The highest BCUT2D eigenvalue weighted by atomic mass is 16.6. The largest absolute Gasteiger partial charge is 0.465 e. The maximum atomic E-state index is 12.5.